The number of hydrogen-bond donors (Lipinski definition) is 1. The van der Waals surface area contributed by atoms with Crippen LogP contribution in [0.1, 0.15) is 37.9 Å². The van der Waals surface area contributed by atoms with Crippen LogP contribution in [0.3, 0.4) is 0 Å². The average molecular weight is 423 g/mol. The van der Waals surface area contributed by atoms with Gasteiger partial charge in [-0.2, -0.15) is 4.68 Å². The number of benzene rings is 2. The van der Waals surface area contributed by atoms with Gasteiger partial charge in [0.05, 0.1) is 11.7 Å². The molecular formula is C22H22FN5O3. The Labute approximate surface area is 178 Å². The maximum absolute atomic E-state index is 13.8. The highest BCUT2D eigenvalue weighted by molar-refractivity contribution is 5.92. The first kappa shape index (κ1) is 20.5. The van der Waals surface area contributed by atoms with Crippen LogP contribution in [-0.4, -0.2) is 32.3 Å². The van der Waals surface area contributed by atoms with Crippen LogP contribution < -0.4 is 10.1 Å². The molecule has 0 saturated carbocycles. The highest BCUT2D eigenvalue weighted by atomic mass is 19.1. The summed E-state index contributed by atoms with van der Waals surface area (Å²) in [4.78, 5) is 12.8. The lowest BCUT2D eigenvalue weighted by atomic mass is 9.95. The molecule has 0 aliphatic carbocycles. The van der Waals surface area contributed by atoms with E-state index in [2.05, 4.69) is 20.8 Å². The van der Waals surface area contributed by atoms with E-state index >= 15 is 0 Å². The zero-order valence-corrected chi connectivity index (χ0v) is 17.4. The molecule has 1 aliphatic rings. The van der Waals surface area contributed by atoms with Crippen molar-refractivity contribution < 1.29 is 18.7 Å². The van der Waals surface area contributed by atoms with E-state index in [1.807, 2.05) is 12.1 Å². The molecule has 31 heavy (non-hydrogen) atoms. The molecule has 1 N–H and O–H groups in total. The number of esters is 1. The fraction of sp³-hybridized carbons (Fsp3) is 0.273. The minimum atomic E-state index is -0.557. The van der Waals surface area contributed by atoms with Crippen LogP contribution in [0.15, 0.2) is 59.8 Å². The molecule has 0 spiro atoms. The highest BCUT2D eigenvalue weighted by Gasteiger charge is 2.35. The normalized spacial score (nSPS) is 15.5. The predicted octanol–water partition coefficient (Wildman–Crippen LogP) is 3.63. The molecule has 0 amide bonds. The Balaban J connectivity index is 1.60. The standard InChI is InChI=1S/C22H22FN5O3/c1-13(2)31-21(29)19-14(3)24-22-25-26-27-28(22)20(19)15-8-10-17(11-9-15)30-12-16-6-4-5-7-18(16)23/h4-11,13,20H,12H2,1-3H3,(H,24,25,27). The quantitative estimate of drug-likeness (QED) is 0.606. The van der Waals surface area contributed by atoms with Crippen molar-refractivity contribution in [3.05, 3.63) is 76.7 Å². The molecule has 2 aromatic carbocycles. The number of fused-ring (bicyclic) bond motifs is 1. The van der Waals surface area contributed by atoms with Crippen molar-refractivity contribution in [1.29, 1.82) is 0 Å². The second-order valence-corrected chi connectivity index (χ2v) is 7.42. The van der Waals surface area contributed by atoms with Gasteiger partial charge in [0.2, 0.25) is 5.95 Å². The molecular weight excluding hydrogens is 401 g/mol. The lowest BCUT2D eigenvalue weighted by Gasteiger charge is -2.28. The second kappa shape index (κ2) is 8.55. The minimum absolute atomic E-state index is 0.113. The van der Waals surface area contributed by atoms with E-state index in [0.29, 0.717) is 28.5 Å². The van der Waals surface area contributed by atoms with Crippen LogP contribution in [0, 0.1) is 5.82 Å². The smallest absolute Gasteiger partial charge is 0.338 e. The number of ether oxygens (including phenoxy) is 2. The Hall–Kier alpha value is -3.75. The van der Waals surface area contributed by atoms with E-state index in [1.165, 1.54) is 6.07 Å². The maximum Gasteiger partial charge on any atom is 0.338 e. The predicted molar refractivity (Wildman–Crippen MR) is 111 cm³/mol. The average Bonchev–Trinajstić information content (AvgIpc) is 3.20. The number of aromatic nitrogens is 4. The number of tetrazole rings is 1. The summed E-state index contributed by atoms with van der Waals surface area (Å²) < 4.78 is 26.5. The van der Waals surface area contributed by atoms with Crippen LogP contribution >= 0.6 is 0 Å². The summed E-state index contributed by atoms with van der Waals surface area (Å²) in [6, 6.07) is 13.1. The van der Waals surface area contributed by atoms with Crippen molar-refractivity contribution in [3.8, 4) is 5.75 Å². The van der Waals surface area contributed by atoms with Gasteiger partial charge in [-0.25, -0.2) is 9.18 Å². The number of carbonyl (C=O) groups is 1. The van der Waals surface area contributed by atoms with Gasteiger partial charge in [0.1, 0.15) is 24.2 Å². The second-order valence-electron chi connectivity index (χ2n) is 7.42. The van der Waals surface area contributed by atoms with Gasteiger partial charge in [-0.3, -0.25) is 0 Å². The molecule has 0 bridgehead atoms. The fourth-order valence-corrected chi connectivity index (χ4v) is 3.39. The Kier molecular flexibility index (Phi) is 5.66. The largest absolute Gasteiger partial charge is 0.489 e. The number of rotatable bonds is 6. The highest BCUT2D eigenvalue weighted by Crippen LogP contribution is 2.35. The van der Waals surface area contributed by atoms with Gasteiger partial charge in [0.25, 0.3) is 0 Å². The monoisotopic (exact) mass is 423 g/mol. The molecule has 1 aliphatic heterocycles. The van der Waals surface area contributed by atoms with Crippen molar-refractivity contribution in [3.63, 3.8) is 0 Å². The summed E-state index contributed by atoms with van der Waals surface area (Å²) in [7, 11) is 0. The molecule has 4 rings (SSSR count). The van der Waals surface area contributed by atoms with Crippen molar-refractivity contribution in [1.82, 2.24) is 20.2 Å². The number of nitrogens with one attached hydrogen (secondary N) is 1. The van der Waals surface area contributed by atoms with Gasteiger partial charge in [-0.1, -0.05) is 35.4 Å². The summed E-state index contributed by atoms with van der Waals surface area (Å²) in [5.41, 5.74) is 2.30. The Bertz CT molecular complexity index is 1120. The van der Waals surface area contributed by atoms with E-state index < -0.39 is 12.0 Å². The SMILES string of the molecule is CC1=C(C(=O)OC(C)C)C(c2ccc(OCc3ccccc3F)cc2)n2nnnc2N1. The van der Waals surface area contributed by atoms with E-state index in [4.69, 9.17) is 9.47 Å². The molecule has 0 fully saturated rings. The number of carbonyl (C=O) groups excluding carboxylic acids is 1. The van der Waals surface area contributed by atoms with Gasteiger partial charge < -0.3 is 14.8 Å². The van der Waals surface area contributed by atoms with Gasteiger partial charge in [0, 0.05) is 11.3 Å². The third kappa shape index (κ3) is 4.25. The number of halogens is 1. The summed E-state index contributed by atoms with van der Waals surface area (Å²) in [5, 5.41) is 14.8. The molecule has 1 atom stereocenters. The molecule has 8 nitrogen and oxygen atoms in total. The molecule has 1 aromatic heterocycles. The van der Waals surface area contributed by atoms with Crippen LogP contribution in [0.5, 0.6) is 5.75 Å². The fourth-order valence-electron chi connectivity index (χ4n) is 3.39. The first-order valence-corrected chi connectivity index (χ1v) is 9.87. The number of nitrogens with zero attached hydrogens (tertiary/aromatic N) is 4. The first-order chi connectivity index (χ1) is 14.9. The molecule has 2 heterocycles. The van der Waals surface area contributed by atoms with E-state index in [9.17, 15) is 9.18 Å². The number of hydrogen-bond acceptors (Lipinski definition) is 7. The van der Waals surface area contributed by atoms with Gasteiger partial charge in [0.15, 0.2) is 0 Å². The van der Waals surface area contributed by atoms with Crippen molar-refractivity contribution >= 4 is 11.9 Å². The van der Waals surface area contributed by atoms with Crippen LogP contribution in [0.25, 0.3) is 0 Å². The van der Waals surface area contributed by atoms with Gasteiger partial charge in [-0.15, -0.1) is 0 Å². The molecule has 9 heteroatoms. The number of allylic oxidation sites excluding steroid dienone is 1. The zero-order chi connectivity index (χ0) is 22.0. The topological polar surface area (TPSA) is 91.2 Å². The van der Waals surface area contributed by atoms with E-state index in [1.54, 1.807) is 55.8 Å². The lowest BCUT2D eigenvalue weighted by molar-refractivity contribution is -0.143. The summed E-state index contributed by atoms with van der Waals surface area (Å²) >= 11 is 0. The van der Waals surface area contributed by atoms with Gasteiger partial charge in [-0.05, 0) is 55.0 Å². The molecule has 0 radical (unpaired) electrons. The molecule has 3 aromatic rings. The summed E-state index contributed by atoms with van der Waals surface area (Å²) in [6.45, 7) is 5.49. The molecule has 0 saturated heterocycles. The zero-order valence-electron chi connectivity index (χ0n) is 17.4. The van der Waals surface area contributed by atoms with Crippen molar-refractivity contribution in [2.75, 3.05) is 5.32 Å². The van der Waals surface area contributed by atoms with Crippen LogP contribution in [0.2, 0.25) is 0 Å². The van der Waals surface area contributed by atoms with Gasteiger partial charge >= 0.3 is 5.97 Å². The third-order valence-electron chi connectivity index (χ3n) is 4.82. The molecule has 1 unspecified atom stereocenters. The van der Waals surface area contributed by atoms with Crippen LogP contribution in [0.4, 0.5) is 10.3 Å². The summed E-state index contributed by atoms with van der Waals surface area (Å²) in [5.74, 6) is 0.258. The van der Waals surface area contributed by atoms with E-state index in [-0.39, 0.29) is 18.5 Å². The van der Waals surface area contributed by atoms with Crippen LogP contribution in [-0.2, 0) is 16.1 Å². The Morgan fingerprint density at radius 3 is 2.65 bits per heavy atom. The van der Waals surface area contributed by atoms with E-state index in [0.717, 1.165) is 5.56 Å². The van der Waals surface area contributed by atoms with Crippen molar-refractivity contribution in [2.24, 2.45) is 0 Å². The summed E-state index contributed by atoms with van der Waals surface area (Å²) in [6.07, 6.45) is -0.266. The Morgan fingerprint density at radius 1 is 1.19 bits per heavy atom. The maximum atomic E-state index is 13.8. The Morgan fingerprint density at radius 2 is 1.94 bits per heavy atom. The first-order valence-electron chi connectivity index (χ1n) is 9.87. The van der Waals surface area contributed by atoms with Crippen molar-refractivity contribution in [2.45, 2.75) is 39.5 Å². The minimum Gasteiger partial charge on any atom is -0.489 e. The number of anilines is 1. The lowest BCUT2D eigenvalue weighted by Crippen LogP contribution is -2.30. The molecule has 160 valence electrons. The third-order valence-corrected chi connectivity index (χ3v) is 4.82.